The van der Waals surface area contributed by atoms with Gasteiger partial charge >= 0.3 is 0 Å². The third kappa shape index (κ3) is 3.40. The van der Waals surface area contributed by atoms with Crippen molar-refractivity contribution < 1.29 is 14.1 Å². The van der Waals surface area contributed by atoms with Crippen LogP contribution >= 0.6 is 22.9 Å². The van der Waals surface area contributed by atoms with Gasteiger partial charge in [-0.05, 0) is 38.0 Å². The maximum atomic E-state index is 13.0. The van der Waals surface area contributed by atoms with E-state index < -0.39 is 0 Å². The Morgan fingerprint density at radius 1 is 1.44 bits per heavy atom. The van der Waals surface area contributed by atoms with Crippen molar-refractivity contribution in [2.24, 2.45) is 0 Å². The number of carbonyl (C=O) groups is 1. The third-order valence-electron chi connectivity index (χ3n) is 4.06. The molecule has 8 heteroatoms. The number of aromatic nitrogens is 2. The molecule has 1 saturated heterocycles. The molecule has 0 N–H and O–H groups in total. The normalized spacial score (nSPS) is 17.3. The summed E-state index contributed by atoms with van der Waals surface area (Å²) in [5.41, 5.74) is 1.47. The van der Waals surface area contributed by atoms with Gasteiger partial charge in [-0.3, -0.25) is 9.69 Å². The fourth-order valence-electron chi connectivity index (χ4n) is 2.84. The summed E-state index contributed by atoms with van der Waals surface area (Å²) >= 11 is 7.49. The Hall–Kier alpha value is -1.96. The fraction of sp³-hybridized carbons (Fsp3) is 0.353. The molecule has 1 fully saturated rings. The summed E-state index contributed by atoms with van der Waals surface area (Å²) < 4.78 is 11.8. The summed E-state index contributed by atoms with van der Waals surface area (Å²) in [6.45, 7) is 2.94. The largest absolute Gasteiger partial charge is 0.376 e. The Morgan fingerprint density at radius 3 is 3.04 bits per heavy atom. The number of hydrogen-bond acceptors (Lipinski definition) is 6. The Morgan fingerprint density at radius 2 is 2.32 bits per heavy atom. The number of fused-ring (bicyclic) bond motifs is 1. The van der Waals surface area contributed by atoms with Crippen molar-refractivity contribution in [3.05, 3.63) is 40.7 Å². The van der Waals surface area contributed by atoms with Crippen molar-refractivity contribution in [1.82, 2.24) is 10.1 Å². The highest BCUT2D eigenvalue weighted by Crippen LogP contribution is 2.32. The summed E-state index contributed by atoms with van der Waals surface area (Å²) in [6, 6.07) is 7.13. The molecule has 2 aromatic heterocycles. The Bertz CT molecular complexity index is 917. The van der Waals surface area contributed by atoms with Crippen LogP contribution in [0.15, 0.2) is 28.8 Å². The Balaban J connectivity index is 1.70. The molecule has 4 rings (SSSR count). The van der Waals surface area contributed by atoms with E-state index >= 15 is 0 Å². The molecule has 0 bridgehead atoms. The summed E-state index contributed by atoms with van der Waals surface area (Å²) in [5.74, 6) is -0.0611. The molecule has 0 unspecified atom stereocenters. The van der Waals surface area contributed by atoms with Gasteiger partial charge in [0, 0.05) is 17.7 Å². The molecule has 1 amide bonds. The number of anilines is 1. The van der Waals surface area contributed by atoms with Gasteiger partial charge < -0.3 is 9.26 Å². The zero-order valence-corrected chi connectivity index (χ0v) is 15.1. The molecule has 0 spiro atoms. The van der Waals surface area contributed by atoms with E-state index in [2.05, 4.69) is 10.1 Å². The minimum Gasteiger partial charge on any atom is -0.376 e. The molecule has 1 aromatic carbocycles. The first-order valence-electron chi connectivity index (χ1n) is 8.03. The molecule has 6 nitrogen and oxygen atoms in total. The van der Waals surface area contributed by atoms with Crippen LogP contribution in [0.1, 0.15) is 29.1 Å². The van der Waals surface area contributed by atoms with Crippen molar-refractivity contribution in [2.45, 2.75) is 25.9 Å². The number of ether oxygens (including phenoxy) is 1. The van der Waals surface area contributed by atoms with Crippen LogP contribution < -0.4 is 4.90 Å². The molecule has 0 aliphatic carbocycles. The minimum atomic E-state index is -0.263. The molecule has 130 valence electrons. The second kappa shape index (κ2) is 6.74. The van der Waals surface area contributed by atoms with Crippen molar-refractivity contribution >= 4 is 44.2 Å². The topological polar surface area (TPSA) is 68.5 Å². The number of carbonyl (C=O) groups excluding carboxylic acids is 1. The second-order valence-corrected chi connectivity index (χ2v) is 7.44. The van der Waals surface area contributed by atoms with E-state index in [4.69, 9.17) is 20.9 Å². The van der Waals surface area contributed by atoms with Crippen LogP contribution in [0.2, 0.25) is 5.02 Å². The summed E-state index contributed by atoms with van der Waals surface area (Å²) in [6.07, 6.45) is 1.93. The van der Waals surface area contributed by atoms with Crippen molar-refractivity contribution in [1.29, 1.82) is 0 Å². The van der Waals surface area contributed by atoms with Gasteiger partial charge in [0.05, 0.1) is 28.6 Å². The molecule has 3 aromatic rings. The van der Waals surface area contributed by atoms with E-state index in [9.17, 15) is 4.79 Å². The first kappa shape index (κ1) is 16.5. The highest BCUT2D eigenvalue weighted by atomic mass is 35.5. The van der Waals surface area contributed by atoms with E-state index in [1.54, 1.807) is 24.0 Å². The molecular formula is C17H16ClN3O3S. The van der Waals surface area contributed by atoms with Gasteiger partial charge in [0.1, 0.15) is 0 Å². The van der Waals surface area contributed by atoms with Gasteiger partial charge in [0.2, 0.25) is 5.76 Å². The molecule has 0 radical (unpaired) electrons. The van der Waals surface area contributed by atoms with Crippen LogP contribution in [-0.4, -0.2) is 35.3 Å². The Kier molecular flexibility index (Phi) is 4.45. The number of hydrogen-bond donors (Lipinski definition) is 0. The zero-order chi connectivity index (χ0) is 17.4. The lowest BCUT2D eigenvalue weighted by atomic mass is 10.2. The smallest absolute Gasteiger partial charge is 0.298 e. The van der Waals surface area contributed by atoms with Gasteiger partial charge in [0.25, 0.3) is 5.91 Å². The Labute approximate surface area is 153 Å². The maximum Gasteiger partial charge on any atom is 0.298 e. The first-order chi connectivity index (χ1) is 12.1. The van der Waals surface area contributed by atoms with Crippen LogP contribution in [0.4, 0.5) is 5.13 Å². The predicted molar refractivity (Wildman–Crippen MR) is 96.5 cm³/mol. The van der Waals surface area contributed by atoms with Gasteiger partial charge in [0.15, 0.2) is 5.13 Å². The average molecular weight is 378 g/mol. The van der Waals surface area contributed by atoms with E-state index in [1.807, 2.05) is 12.1 Å². The van der Waals surface area contributed by atoms with E-state index in [-0.39, 0.29) is 17.8 Å². The SMILES string of the molecule is Cc1cc(C(=O)N(C[C@@H]2CCCO2)c2nc3ccc(Cl)cc3s2)on1. The van der Waals surface area contributed by atoms with Gasteiger partial charge in [-0.25, -0.2) is 4.98 Å². The van der Waals surface area contributed by atoms with Crippen LogP contribution in [0.3, 0.4) is 0 Å². The molecule has 0 saturated carbocycles. The van der Waals surface area contributed by atoms with Crippen molar-refractivity contribution in [3.8, 4) is 0 Å². The monoisotopic (exact) mass is 377 g/mol. The third-order valence-corrected chi connectivity index (χ3v) is 5.34. The molecule has 1 aliphatic heterocycles. The van der Waals surface area contributed by atoms with Crippen molar-refractivity contribution in [2.75, 3.05) is 18.1 Å². The van der Waals surface area contributed by atoms with Crippen LogP contribution in [0.5, 0.6) is 0 Å². The summed E-state index contributed by atoms with van der Waals surface area (Å²) in [4.78, 5) is 19.2. The van der Waals surface area contributed by atoms with Gasteiger partial charge in [-0.1, -0.05) is 28.1 Å². The average Bonchev–Trinajstić information content (AvgIpc) is 3.31. The number of thiazole rings is 1. The second-order valence-electron chi connectivity index (χ2n) is 5.99. The standard InChI is InChI=1S/C17H16ClN3O3S/c1-10-7-14(24-20-10)16(22)21(9-12-3-2-6-23-12)17-19-13-5-4-11(18)8-15(13)25-17/h4-5,7-8,12H,2-3,6,9H2,1H3/t12-/m0/s1. The van der Waals surface area contributed by atoms with E-state index in [0.717, 1.165) is 29.7 Å². The lowest BCUT2D eigenvalue weighted by Crippen LogP contribution is -2.37. The zero-order valence-electron chi connectivity index (χ0n) is 13.6. The van der Waals surface area contributed by atoms with Gasteiger partial charge in [-0.2, -0.15) is 0 Å². The molecule has 3 heterocycles. The number of aryl methyl sites for hydroxylation is 1. The number of amides is 1. The number of rotatable bonds is 4. The quantitative estimate of drug-likeness (QED) is 0.685. The number of benzene rings is 1. The van der Waals surface area contributed by atoms with Crippen LogP contribution in [0.25, 0.3) is 10.2 Å². The summed E-state index contributed by atoms with van der Waals surface area (Å²) in [5, 5.41) is 5.06. The van der Waals surface area contributed by atoms with Crippen molar-refractivity contribution in [3.63, 3.8) is 0 Å². The molecule has 1 aliphatic rings. The van der Waals surface area contributed by atoms with E-state index in [1.165, 1.54) is 11.3 Å². The van der Waals surface area contributed by atoms with E-state index in [0.29, 0.717) is 22.4 Å². The number of halogens is 1. The lowest BCUT2D eigenvalue weighted by Gasteiger charge is -2.21. The molecule has 25 heavy (non-hydrogen) atoms. The van der Waals surface area contributed by atoms with Crippen LogP contribution in [0, 0.1) is 6.92 Å². The fourth-order valence-corrected chi connectivity index (χ4v) is 4.09. The molecular weight excluding hydrogens is 362 g/mol. The highest BCUT2D eigenvalue weighted by Gasteiger charge is 2.29. The molecule has 1 atom stereocenters. The predicted octanol–water partition coefficient (Wildman–Crippen LogP) is 4.07. The highest BCUT2D eigenvalue weighted by molar-refractivity contribution is 7.22. The first-order valence-corrected chi connectivity index (χ1v) is 9.22. The number of nitrogens with zero attached hydrogens (tertiary/aromatic N) is 3. The maximum absolute atomic E-state index is 13.0. The van der Waals surface area contributed by atoms with Crippen LogP contribution in [-0.2, 0) is 4.74 Å². The lowest BCUT2D eigenvalue weighted by molar-refractivity contribution is 0.0887. The van der Waals surface area contributed by atoms with Gasteiger partial charge in [-0.15, -0.1) is 0 Å². The minimum absolute atomic E-state index is 0.00330. The summed E-state index contributed by atoms with van der Waals surface area (Å²) in [7, 11) is 0.